The lowest BCUT2D eigenvalue weighted by atomic mass is 10.1. The molecule has 2 N–H and O–H groups in total. The molecule has 0 saturated carbocycles. The quantitative estimate of drug-likeness (QED) is 0.880. The summed E-state index contributed by atoms with van der Waals surface area (Å²) < 4.78 is 39.2. The van der Waals surface area contributed by atoms with Crippen molar-refractivity contribution < 1.29 is 18.0 Å². The van der Waals surface area contributed by atoms with E-state index in [0.29, 0.717) is 13.0 Å². The van der Waals surface area contributed by atoms with Crippen LogP contribution in [0.3, 0.4) is 0 Å². The number of alkyl halides is 3. The van der Waals surface area contributed by atoms with Crippen LogP contribution in [0.25, 0.3) is 5.52 Å². The fraction of sp³-hybridized carbons (Fsp3) is 0.417. The summed E-state index contributed by atoms with van der Waals surface area (Å²) in [6.07, 6.45) is -0.445. The van der Waals surface area contributed by atoms with E-state index in [4.69, 9.17) is 0 Å². The number of halogens is 3. The lowest BCUT2D eigenvalue weighted by Crippen LogP contribution is -2.44. The number of anilines is 1. The number of hydrogen-bond acceptors (Lipinski definition) is 4. The Bertz CT molecular complexity index is 681. The molecule has 0 aromatic carbocycles. The molecule has 21 heavy (non-hydrogen) atoms. The zero-order chi connectivity index (χ0) is 15.0. The average molecular weight is 299 g/mol. The highest BCUT2D eigenvalue weighted by Crippen LogP contribution is 2.30. The Morgan fingerprint density at radius 3 is 2.95 bits per heavy atom. The van der Waals surface area contributed by atoms with Gasteiger partial charge >= 0.3 is 6.18 Å². The molecule has 0 spiro atoms. The van der Waals surface area contributed by atoms with Crippen molar-refractivity contribution in [2.75, 3.05) is 11.9 Å². The van der Waals surface area contributed by atoms with Gasteiger partial charge in [0.1, 0.15) is 11.6 Å². The van der Waals surface area contributed by atoms with Gasteiger partial charge < -0.3 is 10.6 Å². The highest BCUT2D eigenvalue weighted by atomic mass is 19.4. The maximum Gasteiger partial charge on any atom is 0.435 e. The molecule has 112 valence electrons. The summed E-state index contributed by atoms with van der Waals surface area (Å²) >= 11 is 0. The molecule has 1 atom stereocenters. The van der Waals surface area contributed by atoms with Gasteiger partial charge in [-0.05, 0) is 12.8 Å². The van der Waals surface area contributed by atoms with Crippen molar-refractivity contribution in [3.8, 4) is 0 Å². The second-order valence-corrected chi connectivity index (χ2v) is 4.76. The molecule has 1 unspecified atom stereocenters. The zero-order valence-electron chi connectivity index (χ0n) is 10.8. The lowest BCUT2D eigenvalue weighted by molar-refractivity contribution is -0.141. The molecule has 1 saturated heterocycles. The van der Waals surface area contributed by atoms with Crippen molar-refractivity contribution in [3.05, 3.63) is 24.2 Å². The molecule has 3 rings (SSSR count). The molecule has 1 amide bonds. The van der Waals surface area contributed by atoms with Crippen LogP contribution in [0, 0.1) is 0 Å². The van der Waals surface area contributed by atoms with Crippen LogP contribution in [0.5, 0.6) is 0 Å². The minimum atomic E-state index is -4.52. The first-order valence-electron chi connectivity index (χ1n) is 6.41. The molecule has 9 heteroatoms. The van der Waals surface area contributed by atoms with Gasteiger partial charge in [-0.15, -0.1) is 0 Å². The number of amides is 1. The molecule has 0 aliphatic carbocycles. The van der Waals surface area contributed by atoms with Crippen LogP contribution in [0.2, 0.25) is 0 Å². The summed E-state index contributed by atoms with van der Waals surface area (Å²) in [5.41, 5.74) is -0.810. The fourth-order valence-corrected chi connectivity index (χ4v) is 2.25. The number of piperidine rings is 1. The van der Waals surface area contributed by atoms with Gasteiger partial charge in [0.2, 0.25) is 5.91 Å². The second-order valence-electron chi connectivity index (χ2n) is 4.76. The molecule has 2 aromatic rings. The van der Waals surface area contributed by atoms with Gasteiger partial charge in [0, 0.05) is 25.0 Å². The van der Waals surface area contributed by atoms with Gasteiger partial charge in [-0.25, -0.2) is 9.50 Å². The summed E-state index contributed by atoms with van der Waals surface area (Å²) in [4.78, 5) is 15.7. The molecule has 1 aliphatic heterocycles. The summed E-state index contributed by atoms with van der Waals surface area (Å²) in [5.74, 6) is 0.0307. The summed E-state index contributed by atoms with van der Waals surface area (Å²) in [7, 11) is 0. The third-order valence-corrected chi connectivity index (χ3v) is 3.28. The minimum Gasteiger partial charge on any atom is -0.357 e. The van der Waals surface area contributed by atoms with Crippen LogP contribution in [0.1, 0.15) is 18.5 Å². The molecule has 0 bridgehead atoms. The van der Waals surface area contributed by atoms with Gasteiger partial charge in [0.05, 0.1) is 0 Å². The Labute approximate surface area is 117 Å². The van der Waals surface area contributed by atoms with Crippen LogP contribution < -0.4 is 10.6 Å². The SMILES string of the molecule is O=C1NCCCC1Nc1nccn2nc(C(F)(F)F)cc12. The predicted octanol–water partition coefficient (Wildman–Crippen LogP) is 1.44. The molecule has 0 radical (unpaired) electrons. The molecule has 2 aromatic heterocycles. The Kier molecular flexibility index (Phi) is 3.19. The summed E-state index contributed by atoms with van der Waals surface area (Å²) in [5, 5.41) is 9.05. The van der Waals surface area contributed by atoms with Crippen molar-refractivity contribution >= 4 is 17.2 Å². The number of fused-ring (bicyclic) bond motifs is 1. The van der Waals surface area contributed by atoms with Crippen molar-refractivity contribution in [1.82, 2.24) is 19.9 Å². The van der Waals surface area contributed by atoms with Crippen molar-refractivity contribution in [1.29, 1.82) is 0 Å². The fourth-order valence-electron chi connectivity index (χ4n) is 2.25. The first-order valence-corrected chi connectivity index (χ1v) is 6.41. The number of nitrogens with zero attached hydrogens (tertiary/aromatic N) is 3. The third-order valence-electron chi connectivity index (χ3n) is 3.28. The van der Waals surface area contributed by atoms with E-state index in [9.17, 15) is 18.0 Å². The van der Waals surface area contributed by atoms with E-state index < -0.39 is 17.9 Å². The van der Waals surface area contributed by atoms with Gasteiger partial charge in [-0.2, -0.15) is 18.3 Å². The Morgan fingerprint density at radius 2 is 2.24 bits per heavy atom. The zero-order valence-corrected chi connectivity index (χ0v) is 10.8. The van der Waals surface area contributed by atoms with Crippen molar-refractivity contribution in [3.63, 3.8) is 0 Å². The van der Waals surface area contributed by atoms with Gasteiger partial charge in [0.15, 0.2) is 11.5 Å². The van der Waals surface area contributed by atoms with E-state index in [1.807, 2.05) is 0 Å². The molecule has 3 heterocycles. The van der Waals surface area contributed by atoms with Crippen LogP contribution in [-0.4, -0.2) is 33.1 Å². The summed E-state index contributed by atoms with van der Waals surface area (Å²) in [6.45, 7) is 0.611. The highest BCUT2D eigenvalue weighted by molar-refractivity contribution is 5.86. The monoisotopic (exact) mass is 299 g/mol. The number of hydrogen-bond donors (Lipinski definition) is 2. The first-order chi connectivity index (χ1) is 9.95. The first kappa shape index (κ1) is 13.7. The van der Waals surface area contributed by atoms with Crippen LogP contribution in [-0.2, 0) is 11.0 Å². The Hall–Kier alpha value is -2.32. The number of aromatic nitrogens is 3. The van der Waals surface area contributed by atoms with E-state index in [-0.39, 0.29) is 17.2 Å². The minimum absolute atomic E-state index is 0.180. The molecular weight excluding hydrogens is 287 g/mol. The smallest absolute Gasteiger partial charge is 0.357 e. The van der Waals surface area contributed by atoms with E-state index in [1.54, 1.807) is 0 Å². The third kappa shape index (κ3) is 2.63. The number of carbonyl (C=O) groups excluding carboxylic acids is 1. The maximum absolute atomic E-state index is 12.7. The molecular formula is C12H12F3N5O. The Balaban J connectivity index is 1.95. The van der Waals surface area contributed by atoms with Gasteiger partial charge in [0.25, 0.3) is 0 Å². The molecule has 6 nitrogen and oxygen atoms in total. The van der Waals surface area contributed by atoms with E-state index in [0.717, 1.165) is 17.0 Å². The van der Waals surface area contributed by atoms with E-state index >= 15 is 0 Å². The number of nitrogens with one attached hydrogen (secondary N) is 2. The van der Waals surface area contributed by atoms with Crippen LogP contribution >= 0.6 is 0 Å². The average Bonchev–Trinajstić information content (AvgIpc) is 2.86. The normalized spacial score (nSPS) is 19.6. The van der Waals surface area contributed by atoms with Crippen molar-refractivity contribution in [2.24, 2.45) is 0 Å². The largest absolute Gasteiger partial charge is 0.435 e. The van der Waals surface area contributed by atoms with Crippen molar-refractivity contribution in [2.45, 2.75) is 25.1 Å². The maximum atomic E-state index is 12.7. The van der Waals surface area contributed by atoms with Gasteiger partial charge in [-0.3, -0.25) is 4.79 Å². The number of rotatable bonds is 2. The number of carbonyl (C=O) groups is 1. The topological polar surface area (TPSA) is 71.3 Å². The second kappa shape index (κ2) is 4.90. The summed E-state index contributed by atoms with van der Waals surface area (Å²) in [6, 6.07) is 0.414. The van der Waals surface area contributed by atoms with Gasteiger partial charge in [-0.1, -0.05) is 0 Å². The van der Waals surface area contributed by atoms with Crippen LogP contribution in [0.4, 0.5) is 19.0 Å². The molecule has 1 fully saturated rings. The Morgan fingerprint density at radius 1 is 1.43 bits per heavy atom. The standard InChI is InChI=1S/C12H12F3N5O/c13-12(14,15)9-6-8-10(16-4-5-20(8)19-9)18-7-2-1-3-17-11(7)21/h4-7H,1-3H2,(H,16,18)(H,17,21). The highest BCUT2D eigenvalue weighted by Gasteiger charge is 2.34. The predicted molar refractivity (Wildman–Crippen MR) is 67.6 cm³/mol. The van der Waals surface area contributed by atoms with Crippen LogP contribution in [0.15, 0.2) is 18.5 Å². The lowest BCUT2D eigenvalue weighted by Gasteiger charge is -2.23. The van der Waals surface area contributed by atoms with E-state index in [2.05, 4.69) is 20.7 Å². The molecule has 1 aliphatic rings. The van der Waals surface area contributed by atoms with E-state index in [1.165, 1.54) is 12.4 Å².